The Morgan fingerprint density at radius 3 is 3.06 bits per heavy atom. The van der Waals surface area contributed by atoms with E-state index in [1.165, 1.54) is 12.3 Å². The second-order valence-electron chi connectivity index (χ2n) is 3.69. The molecule has 0 aromatic carbocycles. The Kier molecular flexibility index (Phi) is 2.91. The summed E-state index contributed by atoms with van der Waals surface area (Å²) in [5.41, 5.74) is 0.137. The average molecular weight is 224 g/mol. The molecule has 1 unspecified atom stereocenters. The van der Waals surface area contributed by atoms with Crippen LogP contribution in [0.25, 0.3) is 0 Å². The molecule has 1 fully saturated rings. The van der Waals surface area contributed by atoms with Gasteiger partial charge in [0.15, 0.2) is 0 Å². The van der Waals surface area contributed by atoms with Crippen LogP contribution in [-0.2, 0) is 11.3 Å². The lowest BCUT2D eigenvalue weighted by Gasteiger charge is -2.07. The summed E-state index contributed by atoms with van der Waals surface area (Å²) in [6.07, 6.45) is 1.66. The van der Waals surface area contributed by atoms with Crippen LogP contribution in [0.15, 0.2) is 16.7 Å². The number of carbonyl (C=O) groups excluding carboxylic acids is 1. The van der Waals surface area contributed by atoms with Gasteiger partial charge < -0.3 is 20.2 Å². The van der Waals surface area contributed by atoms with Crippen LogP contribution in [0.3, 0.4) is 0 Å². The van der Waals surface area contributed by atoms with Crippen LogP contribution in [0.5, 0.6) is 0 Å². The molecule has 1 aliphatic rings. The van der Waals surface area contributed by atoms with Crippen LogP contribution in [0.1, 0.15) is 22.5 Å². The van der Waals surface area contributed by atoms with Crippen molar-refractivity contribution < 1.29 is 19.1 Å². The van der Waals surface area contributed by atoms with Gasteiger partial charge in [0.05, 0.1) is 12.1 Å². The minimum absolute atomic E-state index is 0.0307. The molecule has 1 amide bonds. The average Bonchev–Trinajstić information content (AvgIpc) is 2.83. The molecule has 6 heteroatoms. The van der Waals surface area contributed by atoms with Gasteiger partial charge in [-0.15, -0.1) is 0 Å². The van der Waals surface area contributed by atoms with E-state index in [1.54, 1.807) is 0 Å². The molecule has 0 bridgehead atoms. The van der Waals surface area contributed by atoms with E-state index >= 15 is 0 Å². The molecule has 1 aromatic rings. The summed E-state index contributed by atoms with van der Waals surface area (Å²) >= 11 is 0. The van der Waals surface area contributed by atoms with Gasteiger partial charge in [-0.05, 0) is 6.07 Å². The van der Waals surface area contributed by atoms with Gasteiger partial charge in [-0.2, -0.15) is 0 Å². The first-order valence-corrected chi connectivity index (χ1v) is 4.96. The number of hydrogen-bond acceptors (Lipinski definition) is 4. The molecule has 2 heterocycles. The molecule has 0 radical (unpaired) electrons. The molecule has 16 heavy (non-hydrogen) atoms. The van der Waals surface area contributed by atoms with Gasteiger partial charge in [-0.3, -0.25) is 4.79 Å². The molecule has 0 spiro atoms. The van der Waals surface area contributed by atoms with Crippen molar-refractivity contribution in [2.45, 2.75) is 19.0 Å². The quantitative estimate of drug-likeness (QED) is 0.667. The molecule has 1 saturated heterocycles. The van der Waals surface area contributed by atoms with Crippen LogP contribution in [0, 0.1) is 0 Å². The molecule has 1 atom stereocenters. The van der Waals surface area contributed by atoms with Gasteiger partial charge in [-0.1, -0.05) is 0 Å². The third-order valence-electron chi connectivity index (χ3n) is 2.44. The zero-order chi connectivity index (χ0) is 11.5. The largest absolute Gasteiger partial charge is 0.478 e. The minimum Gasteiger partial charge on any atom is -0.478 e. The maximum Gasteiger partial charge on any atom is 0.338 e. The second-order valence-corrected chi connectivity index (χ2v) is 3.69. The Hall–Kier alpha value is -1.82. The zero-order valence-electron chi connectivity index (χ0n) is 8.53. The Balaban J connectivity index is 1.85. The van der Waals surface area contributed by atoms with Gasteiger partial charge >= 0.3 is 5.97 Å². The van der Waals surface area contributed by atoms with Gasteiger partial charge in [-0.25, -0.2) is 4.79 Å². The lowest BCUT2D eigenvalue weighted by Crippen LogP contribution is -2.30. The summed E-state index contributed by atoms with van der Waals surface area (Å²) in [6, 6.07) is 1.56. The number of hydrogen-bond donors (Lipinski definition) is 3. The van der Waals surface area contributed by atoms with Crippen molar-refractivity contribution in [3.05, 3.63) is 23.7 Å². The van der Waals surface area contributed by atoms with Crippen LogP contribution >= 0.6 is 0 Å². The molecule has 2 rings (SSSR count). The number of rotatable bonds is 4. The van der Waals surface area contributed by atoms with E-state index in [9.17, 15) is 9.59 Å². The number of carboxylic acid groups (broad SMARTS) is 1. The Morgan fingerprint density at radius 1 is 1.69 bits per heavy atom. The summed E-state index contributed by atoms with van der Waals surface area (Å²) in [6.45, 7) is 1.03. The smallest absolute Gasteiger partial charge is 0.338 e. The molecule has 6 nitrogen and oxygen atoms in total. The highest BCUT2D eigenvalue weighted by Crippen LogP contribution is 2.08. The van der Waals surface area contributed by atoms with Gasteiger partial charge in [0.2, 0.25) is 5.91 Å². The van der Waals surface area contributed by atoms with E-state index in [-0.39, 0.29) is 17.5 Å². The first-order valence-electron chi connectivity index (χ1n) is 4.96. The lowest BCUT2D eigenvalue weighted by atomic mass is 10.2. The van der Waals surface area contributed by atoms with Crippen molar-refractivity contribution in [2.75, 3.05) is 6.54 Å². The normalized spacial score (nSPS) is 19.8. The van der Waals surface area contributed by atoms with E-state index in [2.05, 4.69) is 10.6 Å². The van der Waals surface area contributed by atoms with Crippen molar-refractivity contribution in [2.24, 2.45) is 0 Å². The fourth-order valence-electron chi connectivity index (χ4n) is 1.58. The third-order valence-corrected chi connectivity index (χ3v) is 2.44. The highest BCUT2D eigenvalue weighted by Gasteiger charge is 2.21. The number of aromatic carboxylic acids is 1. The van der Waals surface area contributed by atoms with Crippen molar-refractivity contribution >= 4 is 11.9 Å². The van der Waals surface area contributed by atoms with Crippen molar-refractivity contribution in [3.63, 3.8) is 0 Å². The molecule has 0 aliphatic carbocycles. The highest BCUT2D eigenvalue weighted by atomic mass is 16.4. The van der Waals surface area contributed by atoms with Crippen molar-refractivity contribution in [1.29, 1.82) is 0 Å². The van der Waals surface area contributed by atoms with Crippen LogP contribution in [0.2, 0.25) is 0 Å². The molecule has 1 aromatic heterocycles. The number of nitrogens with one attached hydrogen (secondary N) is 2. The summed E-state index contributed by atoms with van der Waals surface area (Å²) in [5, 5.41) is 14.5. The third kappa shape index (κ3) is 2.40. The highest BCUT2D eigenvalue weighted by molar-refractivity contribution is 5.87. The van der Waals surface area contributed by atoms with E-state index < -0.39 is 5.97 Å². The Bertz CT molecular complexity index is 413. The van der Waals surface area contributed by atoms with E-state index in [0.29, 0.717) is 25.3 Å². The SMILES string of the molecule is O=C1CC(NCc2cc(C(=O)O)co2)CN1. The van der Waals surface area contributed by atoms with Gasteiger partial charge in [0.25, 0.3) is 0 Å². The van der Waals surface area contributed by atoms with Crippen molar-refractivity contribution in [3.8, 4) is 0 Å². The fourth-order valence-corrected chi connectivity index (χ4v) is 1.58. The molecule has 1 aliphatic heterocycles. The standard InChI is InChI=1S/C10H12N2O4/c13-9-2-7(3-12-9)11-4-8-1-6(5-16-8)10(14)15/h1,5,7,11H,2-4H2,(H,12,13)(H,14,15). The van der Waals surface area contributed by atoms with E-state index in [1.807, 2.05) is 0 Å². The summed E-state index contributed by atoms with van der Waals surface area (Å²) in [7, 11) is 0. The first-order chi connectivity index (χ1) is 7.65. The zero-order valence-corrected chi connectivity index (χ0v) is 8.53. The number of carboxylic acids is 1. The molecule has 3 N–H and O–H groups in total. The van der Waals surface area contributed by atoms with E-state index in [4.69, 9.17) is 9.52 Å². The molecule has 86 valence electrons. The van der Waals surface area contributed by atoms with Crippen molar-refractivity contribution in [1.82, 2.24) is 10.6 Å². The van der Waals surface area contributed by atoms with Gasteiger partial charge in [0.1, 0.15) is 12.0 Å². The number of amides is 1. The maximum atomic E-state index is 10.9. The molecule has 0 saturated carbocycles. The molecular weight excluding hydrogens is 212 g/mol. The van der Waals surface area contributed by atoms with Crippen LogP contribution < -0.4 is 10.6 Å². The Labute approximate surface area is 91.6 Å². The maximum absolute atomic E-state index is 10.9. The predicted molar refractivity (Wildman–Crippen MR) is 53.9 cm³/mol. The fraction of sp³-hybridized carbons (Fsp3) is 0.400. The van der Waals surface area contributed by atoms with Crippen LogP contribution in [-0.4, -0.2) is 29.6 Å². The lowest BCUT2D eigenvalue weighted by molar-refractivity contribution is -0.119. The number of furan rings is 1. The summed E-state index contributed by atoms with van der Waals surface area (Å²) in [4.78, 5) is 21.5. The monoisotopic (exact) mass is 224 g/mol. The first kappa shape index (κ1) is 10.7. The topological polar surface area (TPSA) is 91.6 Å². The summed E-state index contributed by atoms with van der Waals surface area (Å²) < 4.78 is 5.06. The summed E-state index contributed by atoms with van der Waals surface area (Å²) in [5.74, 6) is -0.423. The van der Waals surface area contributed by atoms with E-state index in [0.717, 1.165) is 0 Å². The van der Waals surface area contributed by atoms with Crippen LogP contribution in [0.4, 0.5) is 0 Å². The Morgan fingerprint density at radius 2 is 2.50 bits per heavy atom. The molecular formula is C10H12N2O4. The second kappa shape index (κ2) is 4.36. The van der Waals surface area contributed by atoms with Gasteiger partial charge in [0, 0.05) is 19.0 Å². The minimum atomic E-state index is -1.01. The predicted octanol–water partition coefficient (Wildman–Crippen LogP) is -0.0441. The number of carbonyl (C=O) groups is 2.